The van der Waals surface area contributed by atoms with E-state index in [2.05, 4.69) is 15.1 Å². The number of halogens is 4. The summed E-state index contributed by atoms with van der Waals surface area (Å²) in [6, 6.07) is 0.884. The minimum absolute atomic E-state index is 0.214. The van der Waals surface area contributed by atoms with Crippen molar-refractivity contribution in [2.24, 2.45) is 0 Å². The summed E-state index contributed by atoms with van der Waals surface area (Å²) in [6.07, 6.45) is -1.60. The molecule has 0 atom stereocenters. The molecule has 2 heterocycles. The summed E-state index contributed by atoms with van der Waals surface area (Å²) in [4.78, 5) is 7.70. The number of rotatable bonds is 2. The molecule has 0 aliphatic rings. The zero-order valence-corrected chi connectivity index (χ0v) is 10.00. The Kier molecular flexibility index (Phi) is 3.25. The van der Waals surface area contributed by atoms with Crippen LogP contribution in [0.4, 0.5) is 13.2 Å². The number of hydrogen-bond donors (Lipinski definition) is 0. The lowest BCUT2D eigenvalue weighted by molar-refractivity contribution is -0.141. The first-order chi connectivity index (χ1) is 8.43. The molecular weight excluding hydrogens is 269 g/mol. The monoisotopic (exact) mass is 276 g/mol. The maximum Gasteiger partial charge on any atom is 0.435 e. The van der Waals surface area contributed by atoms with Crippen LogP contribution in [0.2, 0.25) is 5.15 Å². The molecule has 0 amide bonds. The van der Waals surface area contributed by atoms with Crippen LogP contribution in [0.3, 0.4) is 0 Å². The number of hydrogen-bond acceptors (Lipinski definition) is 3. The van der Waals surface area contributed by atoms with Gasteiger partial charge in [-0.3, -0.25) is 0 Å². The van der Waals surface area contributed by atoms with Crippen molar-refractivity contribution >= 4 is 11.6 Å². The van der Waals surface area contributed by atoms with E-state index in [-0.39, 0.29) is 11.0 Å². The Hall–Kier alpha value is -1.63. The molecule has 0 saturated carbocycles. The molecule has 2 aromatic heterocycles. The van der Waals surface area contributed by atoms with Crippen LogP contribution in [0.5, 0.6) is 0 Å². The molecule has 0 unspecified atom stereocenters. The van der Waals surface area contributed by atoms with Crippen molar-refractivity contribution in [3.8, 4) is 5.82 Å². The Morgan fingerprint density at radius 2 is 2.06 bits per heavy atom. The highest BCUT2D eigenvalue weighted by Gasteiger charge is 2.33. The SMILES string of the molecule is CCc1c(Cl)ncnc1-n1ccc(C(F)(F)F)n1. The fourth-order valence-electron chi connectivity index (χ4n) is 1.48. The minimum Gasteiger partial charge on any atom is -0.224 e. The smallest absolute Gasteiger partial charge is 0.224 e. The molecule has 0 radical (unpaired) electrons. The Morgan fingerprint density at radius 1 is 1.33 bits per heavy atom. The van der Waals surface area contributed by atoms with Gasteiger partial charge in [0, 0.05) is 11.8 Å². The third-order valence-corrected chi connectivity index (χ3v) is 2.65. The van der Waals surface area contributed by atoms with E-state index in [0.29, 0.717) is 12.0 Å². The molecule has 0 bridgehead atoms. The average Bonchev–Trinajstić information content (AvgIpc) is 2.77. The molecule has 0 aliphatic heterocycles. The van der Waals surface area contributed by atoms with Crippen molar-refractivity contribution in [3.63, 3.8) is 0 Å². The first-order valence-corrected chi connectivity index (χ1v) is 5.44. The second-order valence-electron chi connectivity index (χ2n) is 3.46. The van der Waals surface area contributed by atoms with Crippen LogP contribution >= 0.6 is 11.6 Å². The first kappa shape index (κ1) is 12.8. The Labute approximate surface area is 105 Å². The summed E-state index contributed by atoms with van der Waals surface area (Å²) in [5.74, 6) is 0.257. The summed E-state index contributed by atoms with van der Waals surface area (Å²) < 4.78 is 38.4. The number of aromatic nitrogens is 4. The second-order valence-corrected chi connectivity index (χ2v) is 3.82. The van der Waals surface area contributed by atoms with Crippen LogP contribution in [-0.4, -0.2) is 19.7 Å². The van der Waals surface area contributed by atoms with E-state index in [9.17, 15) is 13.2 Å². The van der Waals surface area contributed by atoms with E-state index in [1.54, 1.807) is 0 Å². The number of nitrogens with zero attached hydrogens (tertiary/aromatic N) is 4. The zero-order chi connectivity index (χ0) is 13.3. The molecule has 96 valence electrons. The fourth-order valence-corrected chi connectivity index (χ4v) is 1.74. The molecule has 18 heavy (non-hydrogen) atoms. The van der Waals surface area contributed by atoms with Crippen molar-refractivity contribution < 1.29 is 13.2 Å². The maximum absolute atomic E-state index is 12.4. The molecule has 0 saturated heterocycles. The van der Waals surface area contributed by atoms with E-state index in [1.165, 1.54) is 12.5 Å². The average molecular weight is 277 g/mol. The molecule has 0 spiro atoms. The Bertz CT molecular complexity index is 564. The fraction of sp³-hybridized carbons (Fsp3) is 0.300. The minimum atomic E-state index is -4.48. The third kappa shape index (κ3) is 2.31. The maximum atomic E-state index is 12.4. The van der Waals surface area contributed by atoms with E-state index in [0.717, 1.165) is 10.7 Å². The van der Waals surface area contributed by atoms with Crippen molar-refractivity contribution in [2.45, 2.75) is 19.5 Å². The van der Waals surface area contributed by atoms with Crippen molar-refractivity contribution in [1.29, 1.82) is 0 Å². The zero-order valence-electron chi connectivity index (χ0n) is 9.24. The van der Waals surface area contributed by atoms with Gasteiger partial charge in [-0.1, -0.05) is 18.5 Å². The van der Waals surface area contributed by atoms with Gasteiger partial charge in [0.25, 0.3) is 0 Å². The van der Waals surface area contributed by atoms with E-state index in [4.69, 9.17) is 11.6 Å². The predicted octanol–water partition coefficient (Wildman–Crippen LogP) is 2.90. The van der Waals surface area contributed by atoms with Crippen LogP contribution < -0.4 is 0 Å². The van der Waals surface area contributed by atoms with E-state index < -0.39 is 11.9 Å². The van der Waals surface area contributed by atoms with Gasteiger partial charge in [0.15, 0.2) is 11.5 Å². The molecule has 8 heteroatoms. The largest absolute Gasteiger partial charge is 0.435 e. The Morgan fingerprint density at radius 3 is 2.61 bits per heavy atom. The lowest BCUT2D eigenvalue weighted by Crippen LogP contribution is -2.09. The molecule has 0 N–H and O–H groups in total. The summed E-state index contributed by atoms with van der Waals surface area (Å²) >= 11 is 5.86. The van der Waals surface area contributed by atoms with Gasteiger partial charge in [-0.15, -0.1) is 0 Å². The third-order valence-electron chi connectivity index (χ3n) is 2.32. The molecule has 2 rings (SSSR count). The van der Waals surface area contributed by atoms with Crippen LogP contribution in [-0.2, 0) is 12.6 Å². The normalized spacial score (nSPS) is 11.8. The summed E-state index contributed by atoms with van der Waals surface area (Å²) in [5.41, 5.74) is -0.421. The molecule has 2 aromatic rings. The highest BCUT2D eigenvalue weighted by molar-refractivity contribution is 6.30. The van der Waals surface area contributed by atoms with Crippen LogP contribution in [0.15, 0.2) is 18.6 Å². The molecular formula is C10H8ClF3N4. The highest BCUT2D eigenvalue weighted by atomic mass is 35.5. The van der Waals surface area contributed by atoms with Gasteiger partial charge in [-0.25, -0.2) is 14.6 Å². The van der Waals surface area contributed by atoms with Crippen molar-refractivity contribution in [1.82, 2.24) is 19.7 Å². The topological polar surface area (TPSA) is 43.6 Å². The first-order valence-electron chi connectivity index (χ1n) is 5.06. The summed E-state index contributed by atoms with van der Waals surface area (Å²) in [5, 5.41) is 3.66. The number of alkyl halides is 3. The quantitative estimate of drug-likeness (QED) is 0.792. The van der Waals surface area contributed by atoms with Crippen LogP contribution in [0.1, 0.15) is 18.2 Å². The summed E-state index contributed by atoms with van der Waals surface area (Å²) in [6.45, 7) is 1.81. The second kappa shape index (κ2) is 4.56. The lowest BCUT2D eigenvalue weighted by Gasteiger charge is -2.07. The van der Waals surface area contributed by atoms with Gasteiger partial charge >= 0.3 is 6.18 Å². The molecule has 0 aliphatic carbocycles. The van der Waals surface area contributed by atoms with Gasteiger partial charge < -0.3 is 0 Å². The van der Waals surface area contributed by atoms with Gasteiger partial charge in [0.05, 0.1) is 0 Å². The Balaban J connectivity index is 2.50. The van der Waals surface area contributed by atoms with Crippen molar-refractivity contribution in [2.75, 3.05) is 0 Å². The molecule has 0 aromatic carbocycles. The van der Waals surface area contributed by atoms with Crippen LogP contribution in [0, 0.1) is 0 Å². The van der Waals surface area contributed by atoms with E-state index in [1.807, 2.05) is 6.92 Å². The molecule has 4 nitrogen and oxygen atoms in total. The van der Waals surface area contributed by atoms with Gasteiger partial charge in [-0.2, -0.15) is 18.3 Å². The standard InChI is InChI=1S/C10H8ClF3N4/c1-2-6-8(11)15-5-16-9(6)18-4-3-7(17-18)10(12,13)14/h3-5H,2H2,1H3. The van der Waals surface area contributed by atoms with Crippen LogP contribution in [0.25, 0.3) is 5.82 Å². The molecule has 0 fully saturated rings. The van der Waals surface area contributed by atoms with E-state index >= 15 is 0 Å². The van der Waals surface area contributed by atoms with Gasteiger partial charge in [0.2, 0.25) is 0 Å². The van der Waals surface area contributed by atoms with Gasteiger partial charge in [0.1, 0.15) is 11.5 Å². The highest BCUT2D eigenvalue weighted by Crippen LogP contribution is 2.28. The predicted molar refractivity (Wildman–Crippen MR) is 58.5 cm³/mol. The van der Waals surface area contributed by atoms with Gasteiger partial charge in [-0.05, 0) is 12.5 Å². The summed E-state index contributed by atoms with van der Waals surface area (Å²) in [7, 11) is 0. The lowest BCUT2D eigenvalue weighted by atomic mass is 10.2. The van der Waals surface area contributed by atoms with Crippen molar-refractivity contribution in [3.05, 3.63) is 35.0 Å².